The van der Waals surface area contributed by atoms with Crippen molar-refractivity contribution < 1.29 is 28.8 Å². The Bertz CT molecular complexity index is 1450. The summed E-state index contributed by atoms with van der Waals surface area (Å²) >= 11 is 0. The molecule has 306 valence electrons. The van der Waals surface area contributed by atoms with E-state index in [4.69, 9.17) is 0 Å². The van der Waals surface area contributed by atoms with E-state index in [1.54, 1.807) is 32.8 Å². The van der Waals surface area contributed by atoms with Crippen molar-refractivity contribution in [2.75, 3.05) is 46.8 Å². The lowest BCUT2D eigenvalue weighted by Gasteiger charge is -2.32. The molecule has 15 nitrogen and oxygen atoms in total. The van der Waals surface area contributed by atoms with Crippen LogP contribution in [0.25, 0.3) is 0 Å². The second kappa shape index (κ2) is 22.3. The average molecular weight is 768 g/mol. The highest BCUT2D eigenvalue weighted by molar-refractivity contribution is 5.93. The fourth-order valence-corrected chi connectivity index (χ4v) is 7.62. The van der Waals surface area contributed by atoms with Gasteiger partial charge >= 0.3 is 6.03 Å². The monoisotopic (exact) mass is 768 g/mol. The van der Waals surface area contributed by atoms with Gasteiger partial charge in [0.1, 0.15) is 18.1 Å². The van der Waals surface area contributed by atoms with Crippen molar-refractivity contribution in [2.24, 2.45) is 0 Å². The molecule has 7 amide bonds. The SMILES string of the molecule is CN[C@@H](C)C(=O)N[C@@H](CCCCNC(=O)NCCCC[C@H](NC(=O)[C@H](C)NC)C(=O)N1CCC[C@H]1C(=O)N[C@@H]1CCCc2ccccc21)C(=O)N1CCCC1. The summed E-state index contributed by atoms with van der Waals surface area (Å²) in [5, 5.41) is 20.6. The van der Waals surface area contributed by atoms with Crippen molar-refractivity contribution in [3.8, 4) is 0 Å². The predicted octanol–water partition coefficient (Wildman–Crippen LogP) is 1.62. The topological polar surface area (TPSA) is 193 Å². The molecule has 2 saturated heterocycles. The van der Waals surface area contributed by atoms with Crippen LogP contribution in [0.3, 0.4) is 0 Å². The maximum atomic E-state index is 14.0. The molecule has 1 aromatic rings. The number of fused-ring (bicyclic) bond motifs is 1. The fourth-order valence-electron chi connectivity index (χ4n) is 7.62. The number of amides is 7. The van der Waals surface area contributed by atoms with Crippen molar-refractivity contribution in [3.63, 3.8) is 0 Å². The van der Waals surface area contributed by atoms with Crippen molar-refractivity contribution in [1.82, 2.24) is 47.0 Å². The standard InChI is InChI=1S/C40H65N9O6/c1-27(41-3)35(50)46-32(38(53)48-24-11-12-25-48)18-7-9-22-43-40(55)44-23-10-8-19-33(47-36(51)28(2)42-4)39(54)49-26-14-21-34(49)37(52)45-31-20-13-16-29-15-5-6-17-30(29)31/h5-6,15,17,27-28,31-34,41-42H,7-14,16,18-26H2,1-4H3,(H,45,52)(H,46,50)(H,47,51)(H2,43,44,55)/t27-,28-,31+,32-,33-,34-/m0/s1. The summed E-state index contributed by atoms with van der Waals surface area (Å²) in [5.41, 5.74) is 2.39. The number of urea groups is 1. The number of nitrogens with zero attached hydrogens (tertiary/aromatic N) is 2. The summed E-state index contributed by atoms with van der Waals surface area (Å²) in [6, 6.07) is 4.90. The molecule has 0 aromatic heterocycles. The lowest BCUT2D eigenvalue weighted by molar-refractivity contribution is -0.142. The molecular weight excluding hydrogens is 702 g/mol. The zero-order valence-electron chi connectivity index (χ0n) is 33.3. The van der Waals surface area contributed by atoms with Crippen LogP contribution < -0.4 is 37.2 Å². The van der Waals surface area contributed by atoms with Gasteiger partial charge in [-0.1, -0.05) is 24.3 Å². The number of likely N-dealkylation sites (N-methyl/N-ethyl adjacent to an activating group) is 2. The van der Waals surface area contributed by atoms with E-state index < -0.39 is 30.2 Å². The molecule has 2 fully saturated rings. The smallest absolute Gasteiger partial charge is 0.314 e. The van der Waals surface area contributed by atoms with Crippen LogP contribution in [0.2, 0.25) is 0 Å². The first kappa shape index (κ1) is 43.5. The molecule has 2 heterocycles. The second-order valence-corrected chi connectivity index (χ2v) is 15.2. The average Bonchev–Trinajstić information content (AvgIpc) is 3.92. The molecule has 1 aromatic carbocycles. The maximum absolute atomic E-state index is 14.0. The van der Waals surface area contributed by atoms with E-state index >= 15 is 0 Å². The lowest BCUT2D eigenvalue weighted by atomic mass is 9.87. The Morgan fingerprint density at radius 1 is 0.709 bits per heavy atom. The van der Waals surface area contributed by atoms with Crippen LogP contribution in [0.1, 0.15) is 108 Å². The van der Waals surface area contributed by atoms with Crippen molar-refractivity contribution in [3.05, 3.63) is 35.4 Å². The summed E-state index contributed by atoms with van der Waals surface area (Å²) in [6.07, 6.45) is 9.38. The fraction of sp³-hybridized carbons (Fsp3) is 0.700. The molecule has 15 heteroatoms. The minimum absolute atomic E-state index is 0.0493. The van der Waals surface area contributed by atoms with E-state index in [2.05, 4.69) is 49.4 Å². The second-order valence-electron chi connectivity index (χ2n) is 15.2. The molecule has 2 aliphatic heterocycles. The number of hydrogen-bond donors (Lipinski definition) is 7. The summed E-state index contributed by atoms with van der Waals surface area (Å²) < 4.78 is 0. The van der Waals surface area contributed by atoms with Crippen LogP contribution in [0, 0.1) is 0 Å². The van der Waals surface area contributed by atoms with E-state index in [1.807, 2.05) is 17.0 Å². The molecule has 4 rings (SSSR count). The number of aryl methyl sites for hydroxylation is 1. The van der Waals surface area contributed by atoms with Crippen molar-refractivity contribution in [2.45, 2.75) is 134 Å². The van der Waals surface area contributed by atoms with Gasteiger partial charge in [0.15, 0.2) is 0 Å². The molecule has 0 bridgehead atoms. The molecule has 55 heavy (non-hydrogen) atoms. The minimum atomic E-state index is -0.798. The van der Waals surface area contributed by atoms with Gasteiger partial charge in [0, 0.05) is 32.7 Å². The highest BCUT2D eigenvalue weighted by Gasteiger charge is 2.39. The molecule has 0 saturated carbocycles. The lowest BCUT2D eigenvalue weighted by Crippen LogP contribution is -2.55. The Hall–Kier alpha value is -4.24. The molecule has 7 N–H and O–H groups in total. The molecule has 0 radical (unpaired) electrons. The third kappa shape index (κ3) is 12.9. The molecule has 6 atom stereocenters. The van der Waals surface area contributed by atoms with E-state index in [-0.39, 0.29) is 41.6 Å². The molecule has 0 spiro atoms. The number of carbonyl (C=O) groups excluding carboxylic acids is 6. The Morgan fingerprint density at radius 2 is 1.29 bits per heavy atom. The predicted molar refractivity (Wildman–Crippen MR) is 211 cm³/mol. The first-order valence-corrected chi connectivity index (χ1v) is 20.5. The zero-order valence-corrected chi connectivity index (χ0v) is 33.3. The zero-order chi connectivity index (χ0) is 39.7. The van der Waals surface area contributed by atoms with Gasteiger partial charge in [0.2, 0.25) is 29.5 Å². The van der Waals surface area contributed by atoms with Crippen LogP contribution in [0.4, 0.5) is 4.79 Å². The molecular formula is C40H65N9O6. The van der Waals surface area contributed by atoms with Gasteiger partial charge in [-0.25, -0.2) is 4.79 Å². The third-order valence-corrected chi connectivity index (χ3v) is 11.2. The number of unbranched alkanes of at least 4 members (excludes halogenated alkanes) is 2. The van der Waals surface area contributed by atoms with Gasteiger partial charge in [-0.2, -0.15) is 0 Å². The normalized spacial score (nSPS) is 20.1. The van der Waals surface area contributed by atoms with Gasteiger partial charge in [-0.15, -0.1) is 0 Å². The first-order chi connectivity index (χ1) is 26.5. The number of rotatable bonds is 20. The van der Waals surface area contributed by atoms with Crippen molar-refractivity contribution in [1.29, 1.82) is 0 Å². The van der Waals surface area contributed by atoms with E-state index in [1.165, 1.54) is 5.56 Å². The van der Waals surface area contributed by atoms with Gasteiger partial charge < -0.3 is 47.0 Å². The van der Waals surface area contributed by atoms with Gasteiger partial charge in [0.05, 0.1) is 18.1 Å². The summed E-state index contributed by atoms with van der Waals surface area (Å²) in [4.78, 5) is 82.0. The highest BCUT2D eigenvalue weighted by Crippen LogP contribution is 2.30. The number of likely N-dealkylation sites (tertiary alicyclic amines) is 2. The number of hydrogen-bond acceptors (Lipinski definition) is 8. The van der Waals surface area contributed by atoms with Gasteiger partial charge in [0.25, 0.3) is 0 Å². The molecule has 3 aliphatic rings. The van der Waals surface area contributed by atoms with Crippen LogP contribution in [0.5, 0.6) is 0 Å². The van der Waals surface area contributed by atoms with E-state index in [9.17, 15) is 28.8 Å². The van der Waals surface area contributed by atoms with Crippen LogP contribution in [-0.2, 0) is 30.4 Å². The summed E-state index contributed by atoms with van der Waals surface area (Å²) in [5.74, 6) is -0.972. The quantitative estimate of drug-likeness (QED) is 0.0974. The Balaban J connectivity index is 1.20. The summed E-state index contributed by atoms with van der Waals surface area (Å²) in [6.45, 7) is 6.15. The van der Waals surface area contributed by atoms with Crippen molar-refractivity contribution >= 4 is 35.6 Å². The third-order valence-electron chi connectivity index (χ3n) is 11.2. The Kier molecular flexibility index (Phi) is 17.7. The highest BCUT2D eigenvalue weighted by atomic mass is 16.2. The number of carbonyl (C=O) groups is 6. The van der Waals surface area contributed by atoms with Gasteiger partial charge in [-0.3, -0.25) is 24.0 Å². The minimum Gasteiger partial charge on any atom is -0.347 e. The van der Waals surface area contributed by atoms with E-state index in [0.717, 1.165) is 37.7 Å². The maximum Gasteiger partial charge on any atom is 0.314 e. The summed E-state index contributed by atoms with van der Waals surface area (Å²) in [7, 11) is 3.38. The van der Waals surface area contributed by atoms with Crippen LogP contribution in [-0.4, -0.2) is 122 Å². The molecule has 1 aliphatic carbocycles. The Morgan fingerprint density at radius 3 is 1.89 bits per heavy atom. The largest absolute Gasteiger partial charge is 0.347 e. The Labute approximate surface area is 326 Å². The number of benzene rings is 1. The van der Waals surface area contributed by atoms with Gasteiger partial charge in [-0.05, 0) is 123 Å². The molecule has 0 unspecified atom stereocenters. The van der Waals surface area contributed by atoms with E-state index in [0.29, 0.717) is 84.1 Å². The first-order valence-electron chi connectivity index (χ1n) is 20.5. The van der Waals surface area contributed by atoms with Crippen LogP contribution in [0.15, 0.2) is 24.3 Å². The number of nitrogens with one attached hydrogen (secondary N) is 7. The van der Waals surface area contributed by atoms with Crippen LogP contribution >= 0.6 is 0 Å².